The summed E-state index contributed by atoms with van der Waals surface area (Å²) in [5.41, 5.74) is 2.68. The van der Waals surface area contributed by atoms with Crippen LogP contribution in [0.15, 0.2) is 85.0 Å². The number of anilines is 2. The van der Waals surface area contributed by atoms with Crippen LogP contribution in [0.1, 0.15) is 36.1 Å². The van der Waals surface area contributed by atoms with Gasteiger partial charge < -0.3 is 20.5 Å². The second-order valence-corrected chi connectivity index (χ2v) is 9.24. The zero-order valence-electron chi connectivity index (χ0n) is 21.3. The van der Waals surface area contributed by atoms with E-state index in [4.69, 9.17) is 4.74 Å². The molecule has 202 valence electrons. The smallest absolute Gasteiger partial charge is 0.416 e. The van der Waals surface area contributed by atoms with Gasteiger partial charge in [-0.05, 0) is 66.9 Å². The van der Waals surface area contributed by atoms with Crippen LogP contribution in [0.5, 0.6) is 5.75 Å². The summed E-state index contributed by atoms with van der Waals surface area (Å²) < 4.78 is 44.9. The van der Waals surface area contributed by atoms with Gasteiger partial charge in [-0.25, -0.2) is 0 Å². The number of allylic oxidation sites excluding steroid dienone is 2. The normalized spacial score (nSPS) is 15.7. The van der Waals surface area contributed by atoms with E-state index in [0.29, 0.717) is 33.8 Å². The van der Waals surface area contributed by atoms with Crippen LogP contribution in [0.3, 0.4) is 0 Å². The Labute approximate surface area is 223 Å². The maximum atomic E-state index is 13.1. The molecule has 3 N–H and O–H groups in total. The van der Waals surface area contributed by atoms with E-state index in [1.807, 2.05) is 13.8 Å². The standard InChI is InChI=1S/C30H27F3N2O4/c1-18(2)39-22-15-11-20(12-16-22)23(19-9-13-21(14-10-19)30(31,32)33)5-3-8-28(37)34-25-6-4-7-26-24(25)17-27(36)29(38)35-26/h3-16,18,27,36H,17H2,1-2H3,(H,34,37)(H,35,38)/b8-3+,23-5+. The lowest BCUT2D eigenvalue weighted by atomic mass is 9.96. The quantitative estimate of drug-likeness (QED) is 0.256. The summed E-state index contributed by atoms with van der Waals surface area (Å²) in [7, 11) is 0. The lowest BCUT2D eigenvalue weighted by Crippen LogP contribution is -2.34. The number of amides is 2. The first-order valence-electron chi connectivity index (χ1n) is 12.3. The molecule has 1 unspecified atom stereocenters. The fourth-order valence-corrected chi connectivity index (χ4v) is 4.13. The largest absolute Gasteiger partial charge is 0.491 e. The lowest BCUT2D eigenvalue weighted by Gasteiger charge is -2.23. The molecule has 39 heavy (non-hydrogen) atoms. The summed E-state index contributed by atoms with van der Waals surface area (Å²) in [5.74, 6) is -0.308. The number of carbonyl (C=O) groups is 2. The molecule has 0 fully saturated rings. The Kier molecular flexibility index (Phi) is 8.21. The highest BCUT2D eigenvalue weighted by Gasteiger charge is 2.30. The number of ether oxygens (including phenoxy) is 1. The first kappa shape index (κ1) is 27.7. The van der Waals surface area contributed by atoms with Gasteiger partial charge in [-0.3, -0.25) is 9.59 Å². The van der Waals surface area contributed by atoms with E-state index < -0.39 is 29.7 Å². The molecule has 4 rings (SSSR count). The molecule has 9 heteroatoms. The average Bonchev–Trinajstić information content (AvgIpc) is 2.88. The zero-order chi connectivity index (χ0) is 28.2. The minimum Gasteiger partial charge on any atom is -0.491 e. The van der Waals surface area contributed by atoms with Crippen LogP contribution in [-0.4, -0.2) is 29.1 Å². The summed E-state index contributed by atoms with van der Waals surface area (Å²) in [5, 5.41) is 15.3. The number of nitrogens with one attached hydrogen (secondary N) is 2. The fraction of sp³-hybridized carbons (Fsp3) is 0.200. The van der Waals surface area contributed by atoms with Gasteiger partial charge in [0.15, 0.2) is 0 Å². The molecule has 3 aromatic carbocycles. The van der Waals surface area contributed by atoms with E-state index in [9.17, 15) is 27.9 Å². The second kappa shape index (κ2) is 11.6. The van der Waals surface area contributed by atoms with Crippen molar-refractivity contribution >= 4 is 28.8 Å². The van der Waals surface area contributed by atoms with Crippen molar-refractivity contribution in [2.24, 2.45) is 0 Å². The fourth-order valence-electron chi connectivity index (χ4n) is 4.13. The Morgan fingerprint density at radius 2 is 1.69 bits per heavy atom. The summed E-state index contributed by atoms with van der Waals surface area (Å²) in [4.78, 5) is 24.4. The molecule has 0 radical (unpaired) electrons. The third kappa shape index (κ3) is 6.94. The molecule has 1 aliphatic heterocycles. The molecule has 0 aromatic heterocycles. The summed E-state index contributed by atoms with van der Waals surface area (Å²) in [6.07, 6.45) is -1.17. The highest BCUT2D eigenvalue weighted by Crippen LogP contribution is 2.32. The molecule has 0 saturated heterocycles. The van der Waals surface area contributed by atoms with E-state index in [2.05, 4.69) is 10.6 Å². The zero-order valence-corrected chi connectivity index (χ0v) is 21.3. The molecule has 6 nitrogen and oxygen atoms in total. The average molecular weight is 537 g/mol. The number of benzene rings is 3. The highest BCUT2D eigenvalue weighted by atomic mass is 19.4. The number of halogens is 3. The van der Waals surface area contributed by atoms with E-state index in [-0.39, 0.29) is 12.5 Å². The molecular formula is C30H27F3N2O4. The van der Waals surface area contributed by atoms with Gasteiger partial charge in [0.1, 0.15) is 11.9 Å². The number of rotatable bonds is 7. The van der Waals surface area contributed by atoms with Crippen LogP contribution >= 0.6 is 0 Å². The van der Waals surface area contributed by atoms with Gasteiger partial charge >= 0.3 is 6.18 Å². The van der Waals surface area contributed by atoms with Crippen molar-refractivity contribution in [2.75, 3.05) is 10.6 Å². The number of aliphatic hydroxyl groups excluding tert-OH is 1. The molecule has 1 aliphatic rings. The SMILES string of the molecule is CC(C)Oc1ccc(/C(=C/C=C/C(=O)Nc2cccc3c2CC(O)C(=O)N3)c2ccc(C(F)(F)F)cc2)cc1. The third-order valence-corrected chi connectivity index (χ3v) is 5.96. The molecule has 3 aromatic rings. The molecule has 1 atom stereocenters. The summed E-state index contributed by atoms with van der Waals surface area (Å²) >= 11 is 0. The van der Waals surface area contributed by atoms with Crippen LogP contribution in [-0.2, 0) is 22.2 Å². The van der Waals surface area contributed by atoms with Gasteiger partial charge in [-0.2, -0.15) is 13.2 Å². The van der Waals surface area contributed by atoms with Crippen LogP contribution in [0.4, 0.5) is 24.5 Å². The second-order valence-electron chi connectivity index (χ2n) is 9.24. The van der Waals surface area contributed by atoms with Gasteiger partial charge in [-0.1, -0.05) is 42.5 Å². The Bertz CT molecular complexity index is 1410. The number of aliphatic hydroxyl groups is 1. The maximum Gasteiger partial charge on any atom is 0.416 e. The minimum atomic E-state index is -4.45. The molecule has 0 aliphatic carbocycles. The van der Waals surface area contributed by atoms with E-state index in [1.54, 1.807) is 48.5 Å². The minimum absolute atomic E-state index is 0.0167. The van der Waals surface area contributed by atoms with Crippen molar-refractivity contribution in [3.63, 3.8) is 0 Å². The first-order valence-corrected chi connectivity index (χ1v) is 12.3. The predicted molar refractivity (Wildman–Crippen MR) is 143 cm³/mol. The van der Waals surface area contributed by atoms with E-state index in [0.717, 1.165) is 17.7 Å². The van der Waals surface area contributed by atoms with Gasteiger partial charge in [-0.15, -0.1) is 0 Å². The van der Waals surface area contributed by atoms with Crippen molar-refractivity contribution in [3.8, 4) is 5.75 Å². The topological polar surface area (TPSA) is 87.7 Å². The third-order valence-electron chi connectivity index (χ3n) is 5.96. The lowest BCUT2D eigenvalue weighted by molar-refractivity contribution is -0.137. The highest BCUT2D eigenvalue weighted by molar-refractivity contribution is 6.03. The molecular weight excluding hydrogens is 509 g/mol. The Morgan fingerprint density at radius 3 is 2.31 bits per heavy atom. The molecule has 0 bridgehead atoms. The van der Waals surface area contributed by atoms with Crippen LogP contribution in [0, 0.1) is 0 Å². The van der Waals surface area contributed by atoms with Gasteiger partial charge in [0.05, 0.1) is 11.7 Å². The van der Waals surface area contributed by atoms with Gasteiger partial charge in [0.2, 0.25) is 5.91 Å². The summed E-state index contributed by atoms with van der Waals surface area (Å²) in [6.45, 7) is 3.81. The Morgan fingerprint density at radius 1 is 1.05 bits per heavy atom. The number of fused-ring (bicyclic) bond motifs is 1. The van der Waals surface area contributed by atoms with Crippen LogP contribution in [0.2, 0.25) is 0 Å². The molecule has 0 saturated carbocycles. The number of hydrogen-bond acceptors (Lipinski definition) is 4. The van der Waals surface area contributed by atoms with Gasteiger partial charge in [0, 0.05) is 29.4 Å². The van der Waals surface area contributed by atoms with Crippen LogP contribution < -0.4 is 15.4 Å². The monoisotopic (exact) mass is 536 g/mol. The summed E-state index contributed by atoms with van der Waals surface area (Å²) in [6, 6.07) is 17.0. The first-order chi connectivity index (χ1) is 18.5. The number of alkyl halides is 3. The van der Waals surface area contributed by atoms with Gasteiger partial charge in [0.25, 0.3) is 5.91 Å². The molecule has 0 spiro atoms. The Hall–Kier alpha value is -4.37. The molecule has 1 heterocycles. The van der Waals surface area contributed by atoms with Crippen molar-refractivity contribution < 1.29 is 32.6 Å². The van der Waals surface area contributed by atoms with Crippen molar-refractivity contribution in [1.82, 2.24) is 0 Å². The van der Waals surface area contributed by atoms with Crippen molar-refractivity contribution in [3.05, 3.63) is 107 Å². The Balaban J connectivity index is 1.59. The molecule has 2 amide bonds. The van der Waals surface area contributed by atoms with E-state index >= 15 is 0 Å². The van der Waals surface area contributed by atoms with E-state index in [1.165, 1.54) is 24.3 Å². The van der Waals surface area contributed by atoms with Crippen LogP contribution in [0.25, 0.3) is 5.57 Å². The van der Waals surface area contributed by atoms with Crippen molar-refractivity contribution in [1.29, 1.82) is 0 Å². The number of carbonyl (C=O) groups excluding carboxylic acids is 2. The predicted octanol–water partition coefficient (Wildman–Crippen LogP) is 5.97. The van der Waals surface area contributed by atoms with Crippen molar-refractivity contribution in [2.45, 2.75) is 38.7 Å². The maximum absolute atomic E-state index is 13.1. The number of hydrogen-bond donors (Lipinski definition) is 3.